The zero-order valence-electron chi connectivity index (χ0n) is 7.49. The summed E-state index contributed by atoms with van der Waals surface area (Å²) < 4.78 is 0. The molecule has 2 aliphatic rings. The third kappa shape index (κ3) is 1.07. The van der Waals surface area contributed by atoms with Gasteiger partial charge in [0, 0.05) is 23.0 Å². The number of hydrogen-bond donors (Lipinski definition) is 0. The van der Waals surface area contributed by atoms with Gasteiger partial charge < -0.3 is 0 Å². The van der Waals surface area contributed by atoms with Gasteiger partial charge in [0.1, 0.15) is 0 Å². The van der Waals surface area contributed by atoms with Gasteiger partial charge in [0.05, 0.1) is 12.1 Å². The third-order valence-corrected chi connectivity index (χ3v) is 3.03. The summed E-state index contributed by atoms with van der Waals surface area (Å²) in [5, 5.41) is 17.7. The van der Waals surface area contributed by atoms with E-state index in [0.717, 1.165) is 17.6 Å². The van der Waals surface area contributed by atoms with E-state index < -0.39 is 0 Å². The Morgan fingerprint density at radius 3 is 2.00 bits per heavy atom. The molecule has 1 unspecified atom stereocenters. The van der Waals surface area contributed by atoms with E-state index in [-0.39, 0.29) is 0 Å². The van der Waals surface area contributed by atoms with Crippen molar-refractivity contribution in [2.75, 3.05) is 0 Å². The molecule has 0 aromatic carbocycles. The summed E-state index contributed by atoms with van der Waals surface area (Å²) in [7, 11) is 0. The van der Waals surface area contributed by atoms with Gasteiger partial charge in [-0.05, 0) is 12.3 Å². The monoisotopic (exact) mass is 170 g/mol. The highest BCUT2D eigenvalue weighted by Gasteiger charge is 2.51. The SMILES string of the molecule is CC1[C@H]2C(C#N)=CCC=C(C#N)[C@@H]12. The highest BCUT2D eigenvalue weighted by atomic mass is 14.5. The summed E-state index contributed by atoms with van der Waals surface area (Å²) in [5.74, 6) is 1.15. The topological polar surface area (TPSA) is 47.6 Å². The quantitative estimate of drug-likeness (QED) is 0.559. The maximum Gasteiger partial charge on any atom is 0.0947 e. The fourth-order valence-corrected chi connectivity index (χ4v) is 2.24. The van der Waals surface area contributed by atoms with Crippen molar-refractivity contribution >= 4 is 0 Å². The molecule has 2 heteroatoms. The van der Waals surface area contributed by atoms with Gasteiger partial charge >= 0.3 is 0 Å². The molecule has 0 heterocycles. The van der Waals surface area contributed by atoms with E-state index in [1.807, 2.05) is 12.2 Å². The molecule has 0 N–H and O–H groups in total. The smallest absolute Gasteiger partial charge is 0.0947 e. The van der Waals surface area contributed by atoms with E-state index in [9.17, 15) is 0 Å². The predicted molar refractivity (Wildman–Crippen MR) is 48.2 cm³/mol. The van der Waals surface area contributed by atoms with Gasteiger partial charge in [0.25, 0.3) is 0 Å². The van der Waals surface area contributed by atoms with Crippen molar-refractivity contribution in [3.8, 4) is 12.1 Å². The molecule has 0 spiro atoms. The Morgan fingerprint density at radius 1 is 1.15 bits per heavy atom. The molecule has 64 valence electrons. The van der Waals surface area contributed by atoms with Gasteiger partial charge in [-0.25, -0.2) is 0 Å². The Balaban J connectivity index is 2.31. The van der Waals surface area contributed by atoms with Crippen LogP contribution in [0, 0.1) is 40.4 Å². The lowest BCUT2D eigenvalue weighted by Crippen LogP contribution is -1.86. The Labute approximate surface area is 77.8 Å². The summed E-state index contributed by atoms with van der Waals surface area (Å²) >= 11 is 0. The standard InChI is InChI=1S/C11H10N2/c1-7-10-8(5-12)3-2-4-9(6-13)11(7)10/h3-4,7,10-11H,2H2,1H3/t7?,10-,11+. The van der Waals surface area contributed by atoms with Crippen LogP contribution in [-0.4, -0.2) is 0 Å². The molecule has 1 saturated carbocycles. The second-order valence-electron chi connectivity index (χ2n) is 3.69. The molecule has 0 aliphatic heterocycles. The number of hydrogen-bond acceptors (Lipinski definition) is 2. The highest BCUT2D eigenvalue weighted by Crippen LogP contribution is 2.55. The zero-order chi connectivity index (χ0) is 9.42. The number of rotatable bonds is 0. The molecule has 3 atom stereocenters. The third-order valence-electron chi connectivity index (χ3n) is 3.03. The summed E-state index contributed by atoms with van der Waals surface area (Å²) in [4.78, 5) is 0. The van der Waals surface area contributed by atoms with Crippen LogP contribution in [0.15, 0.2) is 23.3 Å². The first-order valence-corrected chi connectivity index (χ1v) is 4.50. The fourth-order valence-electron chi connectivity index (χ4n) is 2.24. The van der Waals surface area contributed by atoms with Crippen molar-refractivity contribution in [2.24, 2.45) is 17.8 Å². The molecule has 0 saturated heterocycles. The van der Waals surface area contributed by atoms with Crippen molar-refractivity contribution in [3.63, 3.8) is 0 Å². The van der Waals surface area contributed by atoms with Crippen LogP contribution >= 0.6 is 0 Å². The van der Waals surface area contributed by atoms with Crippen LogP contribution in [0.3, 0.4) is 0 Å². The number of nitrogens with zero attached hydrogens (tertiary/aromatic N) is 2. The molecule has 0 aromatic rings. The Bertz CT molecular complexity index is 340. The van der Waals surface area contributed by atoms with Gasteiger partial charge in [0.2, 0.25) is 0 Å². The minimum atomic E-state index is 0.332. The van der Waals surface area contributed by atoms with Crippen LogP contribution in [0.5, 0.6) is 0 Å². The maximum absolute atomic E-state index is 8.87. The van der Waals surface area contributed by atoms with Gasteiger partial charge in [0.15, 0.2) is 0 Å². The average Bonchev–Trinajstić information content (AvgIpc) is 2.83. The van der Waals surface area contributed by atoms with Crippen LogP contribution in [-0.2, 0) is 0 Å². The zero-order valence-corrected chi connectivity index (χ0v) is 7.49. The number of allylic oxidation sites excluding steroid dienone is 4. The summed E-state index contributed by atoms with van der Waals surface area (Å²) in [6, 6.07) is 4.46. The van der Waals surface area contributed by atoms with Crippen molar-refractivity contribution in [2.45, 2.75) is 13.3 Å². The van der Waals surface area contributed by atoms with Crippen LogP contribution < -0.4 is 0 Å². The van der Waals surface area contributed by atoms with Crippen molar-refractivity contribution in [1.82, 2.24) is 0 Å². The molecule has 2 nitrogen and oxygen atoms in total. The molecule has 0 radical (unpaired) electrons. The summed E-state index contributed by atoms with van der Waals surface area (Å²) in [6.07, 6.45) is 4.64. The van der Waals surface area contributed by atoms with Crippen LogP contribution in [0.4, 0.5) is 0 Å². The molecular weight excluding hydrogens is 160 g/mol. The van der Waals surface area contributed by atoms with Crippen molar-refractivity contribution in [1.29, 1.82) is 10.5 Å². The first-order valence-electron chi connectivity index (χ1n) is 4.50. The molecule has 1 fully saturated rings. The summed E-state index contributed by atoms with van der Waals surface area (Å²) in [5.41, 5.74) is 1.75. The largest absolute Gasteiger partial charge is 0.193 e. The van der Waals surface area contributed by atoms with Crippen LogP contribution in [0.25, 0.3) is 0 Å². The molecular formula is C11H10N2. The maximum atomic E-state index is 8.87. The van der Waals surface area contributed by atoms with E-state index in [1.165, 1.54) is 0 Å². The number of fused-ring (bicyclic) bond motifs is 1. The van der Waals surface area contributed by atoms with Crippen LogP contribution in [0.2, 0.25) is 0 Å². The first kappa shape index (κ1) is 8.08. The number of nitriles is 2. The van der Waals surface area contributed by atoms with E-state index in [0.29, 0.717) is 17.8 Å². The average molecular weight is 170 g/mol. The lowest BCUT2D eigenvalue weighted by Gasteiger charge is -1.90. The van der Waals surface area contributed by atoms with Gasteiger partial charge in [-0.3, -0.25) is 0 Å². The predicted octanol–water partition coefficient (Wildman–Crippen LogP) is 2.17. The van der Waals surface area contributed by atoms with E-state index >= 15 is 0 Å². The lowest BCUT2D eigenvalue weighted by atomic mass is 10.1. The Hall–Kier alpha value is -1.54. The molecule has 13 heavy (non-hydrogen) atoms. The molecule has 0 amide bonds. The minimum Gasteiger partial charge on any atom is -0.193 e. The highest BCUT2D eigenvalue weighted by molar-refractivity contribution is 5.43. The van der Waals surface area contributed by atoms with Gasteiger partial charge in [-0.2, -0.15) is 10.5 Å². The van der Waals surface area contributed by atoms with E-state index in [4.69, 9.17) is 10.5 Å². The van der Waals surface area contributed by atoms with Crippen LogP contribution in [0.1, 0.15) is 13.3 Å². The fraction of sp³-hybridized carbons (Fsp3) is 0.455. The second-order valence-corrected chi connectivity index (χ2v) is 3.69. The van der Waals surface area contributed by atoms with E-state index in [2.05, 4.69) is 19.1 Å². The van der Waals surface area contributed by atoms with Gasteiger partial charge in [-0.1, -0.05) is 19.1 Å². The molecule has 0 aromatic heterocycles. The molecule has 0 bridgehead atoms. The van der Waals surface area contributed by atoms with Crippen molar-refractivity contribution < 1.29 is 0 Å². The second kappa shape index (κ2) is 2.75. The van der Waals surface area contributed by atoms with Crippen molar-refractivity contribution in [3.05, 3.63) is 23.3 Å². The summed E-state index contributed by atoms with van der Waals surface area (Å²) in [6.45, 7) is 2.11. The van der Waals surface area contributed by atoms with E-state index in [1.54, 1.807) is 0 Å². The normalized spacial score (nSPS) is 35.8. The molecule has 2 aliphatic carbocycles. The minimum absolute atomic E-state index is 0.332. The lowest BCUT2D eigenvalue weighted by molar-refractivity contribution is 0.856. The molecule has 2 rings (SSSR count). The van der Waals surface area contributed by atoms with Gasteiger partial charge in [-0.15, -0.1) is 0 Å². The Kier molecular flexibility index (Phi) is 1.71. The Morgan fingerprint density at radius 2 is 1.62 bits per heavy atom. The first-order chi connectivity index (χ1) is 6.29.